The number of ketones is 1. The van der Waals surface area contributed by atoms with Crippen molar-refractivity contribution in [2.75, 3.05) is 11.2 Å². The lowest BCUT2D eigenvalue weighted by Gasteiger charge is -2.20. The Hall–Kier alpha value is -1.75. The Balaban J connectivity index is 2.95. The predicted octanol–water partition coefficient (Wildman–Crippen LogP) is 3.16. The van der Waals surface area contributed by atoms with E-state index in [4.69, 9.17) is 16.3 Å². The molecule has 6 heteroatoms. The number of amides is 1. The van der Waals surface area contributed by atoms with Gasteiger partial charge in [0.05, 0.1) is 11.6 Å². The van der Waals surface area contributed by atoms with Crippen LogP contribution in [0.25, 0.3) is 0 Å². The quantitative estimate of drug-likeness (QED) is 0.508. The molecular weight excluding hydrogens is 270 g/mol. The van der Waals surface area contributed by atoms with Crippen molar-refractivity contribution in [1.29, 1.82) is 0 Å². The standard InChI is InChI=1S/C13H16ClNO4/c1-13(2,3)19-12(18)15-10-5-4-8(16)6-9(10)11(17)7-14/h4-6,16H,7H2,1-3H3,(H,15,18). The summed E-state index contributed by atoms with van der Waals surface area (Å²) in [6.07, 6.45) is -0.679. The molecule has 0 unspecified atom stereocenters. The number of carbonyl (C=O) groups excluding carboxylic acids is 2. The Kier molecular flexibility index (Phi) is 4.78. The second-order valence-electron chi connectivity index (χ2n) is 4.91. The van der Waals surface area contributed by atoms with Gasteiger partial charge in [-0.15, -0.1) is 11.6 Å². The van der Waals surface area contributed by atoms with E-state index in [0.29, 0.717) is 0 Å². The number of rotatable bonds is 3. The highest BCUT2D eigenvalue weighted by molar-refractivity contribution is 6.31. The van der Waals surface area contributed by atoms with Crippen LogP contribution in [0, 0.1) is 0 Å². The van der Waals surface area contributed by atoms with Crippen LogP contribution in [0.1, 0.15) is 31.1 Å². The van der Waals surface area contributed by atoms with Crippen molar-refractivity contribution < 1.29 is 19.4 Å². The molecule has 0 aliphatic carbocycles. The smallest absolute Gasteiger partial charge is 0.412 e. The zero-order valence-corrected chi connectivity index (χ0v) is 11.7. The number of benzene rings is 1. The summed E-state index contributed by atoms with van der Waals surface area (Å²) in [5.74, 6) is -0.723. The van der Waals surface area contributed by atoms with Crippen LogP contribution in [-0.4, -0.2) is 28.5 Å². The summed E-state index contributed by atoms with van der Waals surface area (Å²) in [4.78, 5) is 23.3. The number of alkyl halides is 1. The number of phenolic OH excluding ortho intramolecular Hbond substituents is 1. The molecule has 0 spiro atoms. The molecule has 0 radical (unpaired) electrons. The van der Waals surface area contributed by atoms with Gasteiger partial charge in [-0.05, 0) is 39.0 Å². The van der Waals surface area contributed by atoms with Gasteiger partial charge in [0.1, 0.15) is 11.4 Å². The highest BCUT2D eigenvalue weighted by Gasteiger charge is 2.19. The zero-order chi connectivity index (χ0) is 14.6. The molecule has 2 N–H and O–H groups in total. The molecule has 104 valence electrons. The van der Waals surface area contributed by atoms with Crippen LogP contribution in [-0.2, 0) is 4.74 Å². The first-order chi connectivity index (χ1) is 8.73. The maximum atomic E-state index is 11.6. The summed E-state index contributed by atoms with van der Waals surface area (Å²) in [7, 11) is 0. The van der Waals surface area contributed by atoms with Crippen molar-refractivity contribution in [2.24, 2.45) is 0 Å². The Morgan fingerprint density at radius 1 is 1.37 bits per heavy atom. The molecule has 5 nitrogen and oxygen atoms in total. The van der Waals surface area contributed by atoms with Crippen molar-refractivity contribution in [3.05, 3.63) is 23.8 Å². The summed E-state index contributed by atoms with van der Waals surface area (Å²) in [6, 6.07) is 4.02. The number of hydrogen-bond acceptors (Lipinski definition) is 4. The molecule has 0 heterocycles. The van der Waals surface area contributed by atoms with Gasteiger partial charge in [0, 0.05) is 5.56 Å². The van der Waals surface area contributed by atoms with E-state index in [0.717, 1.165) is 0 Å². The van der Waals surface area contributed by atoms with E-state index >= 15 is 0 Å². The van der Waals surface area contributed by atoms with Gasteiger partial charge < -0.3 is 9.84 Å². The molecule has 0 aliphatic heterocycles. The summed E-state index contributed by atoms with van der Waals surface area (Å²) in [5, 5.41) is 11.8. The van der Waals surface area contributed by atoms with Crippen molar-refractivity contribution in [1.82, 2.24) is 0 Å². The molecule has 0 saturated carbocycles. The summed E-state index contributed by atoms with van der Waals surface area (Å²) in [6.45, 7) is 5.19. The number of hydrogen-bond donors (Lipinski definition) is 2. The first-order valence-electron chi connectivity index (χ1n) is 5.65. The Morgan fingerprint density at radius 3 is 2.53 bits per heavy atom. The van der Waals surface area contributed by atoms with E-state index in [1.165, 1.54) is 18.2 Å². The number of Topliss-reactive ketones (excluding diaryl/α,β-unsaturated/α-hetero) is 1. The first-order valence-corrected chi connectivity index (χ1v) is 6.18. The monoisotopic (exact) mass is 285 g/mol. The maximum Gasteiger partial charge on any atom is 0.412 e. The fraction of sp³-hybridized carbons (Fsp3) is 0.385. The van der Waals surface area contributed by atoms with Gasteiger partial charge in [-0.25, -0.2) is 4.79 Å². The van der Waals surface area contributed by atoms with Gasteiger partial charge in [-0.2, -0.15) is 0 Å². The topological polar surface area (TPSA) is 75.6 Å². The molecule has 0 saturated heterocycles. The number of halogens is 1. The van der Waals surface area contributed by atoms with E-state index in [9.17, 15) is 14.7 Å². The Labute approximate surface area is 116 Å². The molecular formula is C13H16ClNO4. The largest absolute Gasteiger partial charge is 0.508 e. The lowest BCUT2D eigenvalue weighted by atomic mass is 10.1. The number of carbonyl (C=O) groups is 2. The SMILES string of the molecule is CC(C)(C)OC(=O)Nc1ccc(O)cc1C(=O)CCl. The third kappa shape index (κ3) is 4.79. The first kappa shape index (κ1) is 15.3. The third-order valence-corrected chi connectivity index (χ3v) is 2.30. The molecule has 0 fully saturated rings. The van der Waals surface area contributed by atoms with E-state index in [2.05, 4.69) is 5.32 Å². The Morgan fingerprint density at radius 2 is 2.00 bits per heavy atom. The van der Waals surface area contributed by atoms with Crippen molar-refractivity contribution in [3.8, 4) is 5.75 Å². The normalized spacial score (nSPS) is 10.9. The van der Waals surface area contributed by atoms with Crippen molar-refractivity contribution in [2.45, 2.75) is 26.4 Å². The highest BCUT2D eigenvalue weighted by atomic mass is 35.5. The molecule has 19 heavy (non-hydrogen) atoms. The van der Waals surface area contributed by atoms with E-state index in [1.54, 1.807) is 20.8 Å². The minimum atomic E-state index is -0.679. The molecule has 1 aromatic carbocycles. The van der Waals surface area contributed by atoms with E-state index in [1.807, 2.05) is 0 Å². The third-order valence-electron chi connectivity index (χ3n) is 2.06. The fourth-order valence-electron chi connectivity index (χ4n) is 1.36. The zero-order valence-electron chi connectivity index (χ0n) is 11.0. The van der Waals surface area contributed by atoms with Crippen LogP contribution in [0.3, 0.4) is 0 Å². The van der Waals surface area contributed by atoms with E-state index in [-0.39, 0.29) is 22.9 Å². The molecule has 0 atom stereocenters. The number of phenols is 1. The van der Waals surface area contributed by atoms with Crippen LogP contribution < -0.4 is 5.32 Å². The summed E-state index contributed by atoms with van der Waals surface area (Å²) in [5.41, 5.74) is -0.254. The fourth-order valence-corrected chi connectivity index (χ4v) is 1.50. The minimum Gasteiger partial charge on any atom is -0.508 e. The highest BCUT2D eigenvalue weighted by Crippen LogP contribution is 2.23. The van der Waals surface area contributed by atoms with Gasteiger partial charge in [-0.1, -0.05) is 0 Å². The van der Waals surface area contributed by atoms with Gasteiger partial charge >= 0.3 is 6.09 Å². The molecule has 1 amide bonds. The number of nitrogens with one attached hydrogen (secondary N) is 1. The summed E-state index contributed by atoms with van der Waals surface area (Å²) < 4.78 is 5.08. The predicted molar refractivity (Wildman–Crippen MR) is 73.0 cm³/mol. The van der Waals surface area contributed by atoms with Gasteiger partial charge in [0.25, 0.3) is 0 Å². The lowest BCUT2D eigenvalue weighted by Crippen LogP contribution is -2.27. The number of anilines is 1. The number of aromatic hydroxyl groups is 1. The van der Waals surface area contributed by atoms with Crippen molar-refractivity contribution in [3.63, 3.8) is 0 Å². The van der Waals surface area contributed by atoms with E-state index < -0.39 is 17.5 Å². The number of ether oxygens (including phenoxy) is 1. The molecule has 1 rings (SSSR count). The van der Waals surface area contributed by atoms with Crippen LogP contribution in [0.4, 0.5) is 10.5 Å². The molecule has 0 aliphatic rings. The Bertz CT molecular complexity index is 494. The van der Waals surface area contributed by atoms with Crippen LogP contribution in [0.15, 0.2) is 18.2 Å². The van der Waals surface area contributed by atoms with Crippen LogP contribution >= 0.6 is 11.6 Å². The molecule has 1 aromatic rings. The second-order valence-corrected chi connectivity index (χ2v) is 5.18. The van der Waals surface area contributed by atoms with Crippen LogP contribution in [0.2, 0.25) is 0 Å². The second kappa shape index (κ2) is 5.93. The average molecular weight is 286 g/mol. The average Bonchev–Trinajstić information content (AvgIpc) is 2.28. The maximum absolute atomic E-state index is 11.6. The van der Waals surface area contributed by atoms with Crippen LogP contribution in [0.5, 0.6) is 5.75 Å². The van der Waals surface area contributed by atoms with Gasteiger partial charge in [0.2, 0.25) is 0 Å². The lowest BCUT2D eigenvalue weighted by molar-refractivity contribution is 0.0636. The molecule has 0 bridgehead atoms. The molecule has 0 aromatic heterocycles. The van der Waals surface area contributed by atoms with Gasteiger partial charge in [-0.3, -0.25) is 10.1 Å². The van der Waals surface area contributed by atoms with Crippen molar-refractivity contribution >= 4 is 29.2 Å². The summed E-state index contributed by atoms with van der Waals surface area (Å²) >= 11 is 5.48. The van der Waals surface area contributed by atoms with Gasteiger partial charge in [0.15, 0.2) is 5.78 Å². The minimum absolute atomic E-state index is 0.0804.